The van der Waals surface area contributed by atoms with Crippen LogP contribution in [0.25, 0.3) is 11.1 Å². The van der Waals surface area contributed by atoms with Crippen LogP contribution in [0.5, 0.6) is 0 Å². The van der Waals surface area contributed by atoms with Crippen molar-refractivity contribution in [1.29, 1.82) is 0 Å². The summed E-state index contributed by atoms with van der Waals surface area (Å²) in [6.45, 7) is 6.36. The van der Waals surface area contributed by atoms with Crippen molar-refractivity contribution >= 4 is 23.0 Å². The van der Waals surface area contributed by atoms with Crippen LogP contribution in [0.3, 0.4) is 0 Å². The molecule has 0 atom stereocenters. The van der Waals surface area contributed by atoms with Crippen LogP contribution in [0.4, 0.5) is 6.01 Å². The third-order valence-electron chi connectivity index (χ3n) is 4.58. The first-order valence-corrected chi connectivity index (χ1v) is 8.46. The quantitative estimate of drug-likeness (QED) is 0.714. The van der Waals surface area contributed by atoms with Crippen LogP contribution in [0.15, 0.2) is 33.2 Å². The van der Waals surface area contributed by atoms with Crippen LogP contribution in [0.1, 0.15) is 28.2 Å². The highest BCUT2D eigenvalue weighted by molar-refractivity contribution is 5.96. The van der Waals surface area contributed by atoms with E-state index in [9.17, 15) is 4.79 Å². The number of aromatic nitrogens is 2. The van der Waals surface area contributed by atoms with E-state index in [0.29, 0.717) is 42.7 Å². The summed E-state index contributed by atoms with van der Waals surface area (Å²) in [7, 11) is 0. The van der Waals surface area contributed by atoms with Gasteiger partial charge in [0.2, 0.25) is 0 Å². The number of nitrogens with zero attached hydrogens (tertiary/aromatic N) is 4. The Kier molecular flexibility index (Phi) is 3.91. The van der Waals surface area contributed by atoms with Crippen LogP contribution in [0.2, 0.25) is 0 Å². The summed E-state index contributed by atoms with van der Waals surface area (Å²) in [5, 5.41) is 3.88. The molecule has 25 heavy (non-hydrogen) atoms. The van der Waals surface area contributed by atoms with E-state index in [2.05, 4.69) is 15.0 Å². The average molecular weight is 340 g/mol. The molecule has 0 N–H and O–H groups in total. The van der Waals surface area contributed by atoms with Crippen LogP contribution in [0, 0.1) is 13.8 Å². The lowest BCUT2D eigenvalue weighted by Gasteiger charge is -2.21. The third kappa shape index (κ3) is 2.86. The molecule has 7 nitrogen and oxygen atoms in total. The molecule has 1 amide bonds. The second-order valence-electron chi connectivity index (χ2n) is 6.30. The van der Waals surface area contributed by atoms with Gasteiger partial charge >= 0.3 is 0 Å². The number of benzene rings is 1. The number of para-hydroxylation sites is 2. The first-order chi connectivity index (χ1) is 12.1. The van der Waals surface area contributed by atoms with Gasteiger partial charge in [-0.1, -0.05) is 17.3 Å². The molecule has 3 heterocycles. The number of oxazole rings is 1. The topological polar surface area (TPSA) is 75.6 Å². The summed E-state index contributed by atoms with van der Waals surface area (Å²) in [4.78, 5) is 21.3. The first kappa shape index (κ1) is 15.7. The molecule has 0 bridgehead atoms. The van der Waals surface area contributed by atoms with Gasteiger partial charge in [0.05, 0.1) is 5.69 Å². The van der Waals surface area contributed by atoms with Crippen molar-refractivity contribution < 1.29 is 13.7 Å². The summed E-state index contributed by atoms with van der Waals surface area (Å²) in [6.07, 6.45) is 0.855. The number of aryl methyl sites for hydroxylation is 2. The van der Waals surface area contributed by atoms with E-state index >= 15 is 0 Å². The molecule has 1 saturated heterocycles. The van der Waals surface area contributed by atoms with E-state index in [0.717, 1.165) is 24.1 Å². The number of hydrogen-bond donors (Lipinski definition) is 0. The van der Waals surface area contributed by atoms with Gasteiger partial charge in [-0.3, -0.25) is 4.79 Å². The Morgan fingerprint density at radius 3 is 2.72 bits per heavy atom. The molecule has 4 rings (SSSR count). The lowest BCUT2D eigenvalue weighted by molar-refractivity contribution is 0.0764. The van der Waals surface area contributed by atoms with Crippen molar-refractivity contribution in [2.45, 2.75) is 20.3 Å². The van der Waals surface area contributed by atoms with Gasteiger partial charge in [0, 0.05) is 26.2 Å². The van der Waals surface area contributed by atoms with Gasteiger partial charge in [0.25, 0.3) is 11.9 Å². The van der Waals surface area contributed by atoms with Gasteiger partial charge in [0.15, 0.2) is 5.58 Å². The number of carbonyl (C=O) groups is 1. The highest BCUT2D eigenvalue weighted by Gasteiger charge is 2.26. The van der Waals surface area contributed by atoms with Gasteiger partial charge in [-0.05, 0) is 32.4 Å². The predicted octanol–water partition coefficient (Wildman–Crippen LogP) is 2.79. The monoisotopic (exact) mass is 340 g/mol. The van der Waals surface area contributed by atoms with Gasteiger partial charge in [-0.2, -0.15) is 4.98 Å². The predicted molar refractivity (Wildman–Crippen MR) is 92.7 cm³/mol. The smallest absolute Gasteiger partial charge is 0.298 e. The van der Waals surface area contributed by atoms with Crippen LogP contribution in [-0.2, 0) is 0 Å². The fourth-order valence-electron chi connectivity index (χ4n) is 3.25. The molecule has 7 heteroatoms. The molecule has 2 aromatic heterocycles. The van der Waals surface area contributed by atoms with E-state index in [1.807, 2.05) is 29.2 Å². The van der Waals surface area contributed by atoms with Gasteiger partial charge < -0.3 is 18.7 Å². The molecule has 1 aromatic carbocycles. The number of hydrogen-bond acceptors (Lipinski definition) is 6. The lowest BCUT2D eigenvalue weighted by Crippen LogP contribution is -2.35. The van der Waals surface area contributed by atoms with Crippen LogP contribution >= 0.6 is 0 Å². The molecular weight excluding hydrogens is 320 g/mol. The fourth-order valence-corrected chi connectivity index (χ4v) is 3.25. The highest BCUT2D eigenvalue weighted by atomic mass is 16.5. The maximum atomic E-state index is 12.8. The van der Waals surface area contributed by atoms with Crippen molar-refractivity contribution in [1.82, 2.24) is 15.0 Å². The van der Waals surface area contributed by atoms with E-state index in [4.69, 9.17) is 8.94 Å². The Morgan fingerprint density at radius 2 is 1.96 bits per heavy atom. The van der Waals surface area contributed by atoms with Crippen LogP contribution in [-0.4, -0.2) is 47.1 Å². The number of rotatable bonds is 2. The molecule has 0 unspecified atom stereocenters. The van der Waals surface area contributed by atoms with E-state index in [1.165, 1.54) is 0 Å². The molecule has 1 aliphatic rings. The van der Waals surface area contributed by atoms with Gasteiger partial charge in [-0.15, -0.1) is 0 Å². The summed E-state index contributed by atoms with van der Waals surface area (Å²) in [5.41, 5.74) is 2.86. The molecular formula is C18H20N4O3. The molecule has 0 spiro atoms. The van der Waals surface area contributed by atoms with Crippen molar-refractivity contribution in [2.24, 2.45) is 0 Å². The normalized spacial score (nSPS) is 15.6. The minimum Gasteiger partial charge on any atom is -0.423 e. The maximum absolute atomic E-state index is 12.8. The maximum Gasteiger partial charge on any atom is 0.298 e. The lowest BCUT2D eigenvalue weighted by atomic mass is 10.1. The standard InChI is InChI=1S/C18H20N4O3/c1-12-16(13(2)25-20-12)17(23)21-8-5-9-22(11-10-21)18-19-14-6-3-4-7-15(14)24-18/h3-4,6-7H,5,8-11H2,1-2H3. The second kappa shape index (κ2) is 6.23. The summed E-state index contributed by atoms with van der Waals surface area (Å²) >= 11 is 0. The Labute approximate surface area is 145 Å². The van der Waals surface area contributed by atoms with Crippen molar-refractivity contribution in [3.63, 3.8) is 0 Å². The Morgan fingerprint density at radius 1 is 1.12 bits per heavy atom. The molecule has 0 radical (unpaired) electrons. The zero-order valence-electron chi connectivity index (χ0n) is 14.4. The third-order valence-corrected chi connectivity index (χ3v) is 4.58. The van der Waals surface area contributed by atoms with Gasteiger partial charge in [0.1, 0.15) is 16.8 Å². The van der Waals surface area contributed by atoms with E-state index in [-0.39, 0.29) is 5.91 Å². The van der Waals surface area contributed by atoms with Crippen molar-refractivity contribution in [3.05, 3.63) is 41.3 Å². The Balaban J connectivity index is 1.51. The average Bonchev–Trinajstić information content (AvgIpc) is 3.08. The zero-order chi connectivity index (χ0) is 17.4. The molecule has 3 aromatic rings. The Hall–Kier alpha value is -2.83. The largest absolute Gasteiger partial charge is 0.423 e. The summed E-state index contributed by atoms with van der Waals surface area (Å²) in [5.74, 6) is 0.554. The van der Waals surface area contributed by atoms with Crippen molar-refractivity contribution in [3.8, 4) is 0 Å². The number of anilines is 1. The number of carbonyl (C=O) groups excluding carboxylic acids is 1. The highest BCUT2D eigenvalue weighted by Crippen LogP contribution is 2.23. The minimum absolute atomic E-state index is 0.0179. The molecule has 0 aliphatic carbocycles. The van der Waals surface area contributed by atoms with E-state index in [1.54, 1.807) is 13.8 Å². The second-order valence-corrected chi connectivity index (χ2v) is 6.30. The fraction of sp³-hybridized carbons (Fsp3) is 0.389. The van der Waals surface area contributed by atoms with Crippen molar-refractivity contribution in [2.75, 3.05) is 31.1 Å². The zero-order valence-corrected chi connectivity index (χ0v) is 14.4. The van der Waals surface area contributed by atoms with Crippen LogP contribution < -0.4 is 4.90 Å². The summed E-state index contributed by atoms with van der Waals surface area (Å²) in [6, 6.07) is 8.35. The number of amides is 1. The molecule has 1 fully saturated rings. The van der Waals surface area contributed by atoms with Gasteiger partial charge in [-0.25, -0.2) is 0 Å². The SMILES string of the molecule is Cc1noc(C)c1C(=O)N1CCCN(c2nc3ccccc3o2)CC1. The first-order valence-electron chi connectivity index (χ1n) is 8.46. The summed E-state index contributed by atoms with van der Waals surface area (Å²) < 4.78 is 11.0. The molecule has 130 valence electrons. The van der Waals surface area contributed by atoms with E-state index < -0.39 is 0 Å². The number of fused-ring (bicyclic) bond motifs is 1. The minimum atomic E-state index is -0.0179. The Bertz CT molecular complexity index is 862. The molecule has 0 saturated carbocycles. The molecule has 1 aliphatic heterocycles.